The van der Waals surface area contributed by atoms with Crippen LogP contribution in [0.5, 0.6) is 0 Å². The number of likely N-dealkylation sites (N-methyl/N-ethyl adjacent to an activating group) is 1. The van der Waals surface area contributed by atoms with Gasteiger partial charge in [0.2, 0.25) is 0 Å². The summed E-state index contributed by atoms with van der Waals surface area (Å²) >= 11 is 2.04. The fraction of sp³-hybridized carbons (Fsp3) is 1.00. The Morgan fingerprint density at radius 2 is 2.11 bits per heavy atom. The van der Waals surface area contributed by atoms with E-state index in [4.69, 9.17) is 5.73 Å². The van der Waals surface area contributed by atoms with E-state index in [1.54, 1.807) is 0 Å². The van der Waals surface area contributed by atoms with E-state index in [1.165, 1.54) is 50.4 Å². The number of hydrogen-bond donors (Lipinski definition) is 1. The van der Waals surface area contributed by atoms with Gasteiger partial charge >= 0.3 is 0 Å². The minimum Gasteiger partial charge on any atom is -0.329 e. The normalized spacial score (nSPS) is 25.0. The van der Waals surface area contributed by atoms with Gasteiger partial charge in [0, 0.05) is 31.7 Å². The summed E-state index contributed by atoms with van der Waals surface area (Å²) in [5, 5.41) is 0. The first-order valence-electron chi connectivity index (χ1n) is 7.45. The molecule has 0 amide bonds. The smallest absolute Gasteiger partial charge is 0.0229 e. The van der Waals surface area contributed by atoms with E-state index in [-0.39, 0.29) is 0 Å². The van der Waals surface area contributed by atoms with Crippen LogP contribution in [0.2, 0.25) is 0 Å². The van der Waals surface area contributed by atoms with Gasteiger partial charge in [-0.1, -0.05) is 13.8 Å². The zero-order chi connectivity index (χ0) is 13.4. The maximum absolute atomic E-state index is 6.02. The summed E-state index contributed by atoms with van der Waals surface area (Å²) in [5.74, 6) is 2.47. The molecule has 1 saturated heterocycles. The van der Waals surface area contributed by atoms with Gasteiger partial charge in [0.05, 0.1) is 0 Å². The average Bonchev–Trinajstić information content (AvgIpc) is 2.56. The van der Waals surface area contributed by atoms with E-state index >= 15 is 0 Å². The average molecular weight is 273 g/mol. The van der Waals surface area contributed by atoms with Gasteiger partial charge in [0.1, 0.15) is 0 Å². The number of hydrogen-bond acceptors (Lipinski definition) is 4. The van der Waals surface area contributed by atoms with Gasteiger partial charge in [-0.25, -0.2) is 0 Å². The van der Waals surface area contributed by atoms with Gasteiger partial charge in [-0.3, -0.25) is 4.90 Å². The molecule has 1 heterocycles. The summed E-state index contributed by atoms with van der Waals surface area (Å²) in [4.78, 5) is 5.17. The maximum atomic E-state index is 6.02. The van der Waals surface area contributed by atoms with Gasteiger partial charge in [0.15, 0.2) is 0 Å². The number of nitrogens with two attached hydrogens (primary N) is 1. The largest absolute Gasteiger partial charge is 0.329 e. The Labute approximate surface area is 117 Å². The van der Waals surface area contributed by atoms with Crippen LogP contribution in [0.3, 0.4) is 0 Å². The van der Waals surface area contributed by atoms with Crippen LogP contribution in [0.4, 0.5) is 0 Å². The topological polar surface area (TPSA) is 32.5 Å². The lowest BCUT2D eigenvalue weighted by Crippen LogP contribution is -2.49. The lowest BCUT2D eigenvalue weighted by Gasteiger charge is -2.36. The van der Waals surface area contributed by atoms with Crippen molar-refractivity contribution >= 4 is 11.8 Å². The first kappa shape index (κ1) is 16.3. The molecule has 18 heavy (non-hydrogen) atoms. The quantitative estimate of drug-likeness (QED) is 0.718. The van der Waals surface area contributed by atoms with E-state index in [0.717, 1.165) is 6.54 Å². The molecule has 1 fully saturated rings. The van der Waals surface area contributed by atoms with Crippen molar-refractivity contribution in [2.45, 2.75) is 45.2 Å². The molecule has 0 radical (unpaired) electrons. The first-order valence-corrected chi connectivity index (χ1v) is 8.60. The molecule has 0 aromatic heterocycles. The molecule has 1 aliphatic rings. The fourth-order valence-electron chi connectivity index (χ4n) is 2.89. The Bertz CT molecular complexity index is 213. The van der Waals surface area contributed by atoms with Crippen LogP contribution < -0.4 is 5.73 Å². The molecular weight excluding hydrogens is 242 g/mol. The molecule has 108 valence electrons. The summed E-state index contributed by atoms with van der Waals surface area (Å²) in [7, 11) is 2.25. The van der Waals surface area contributed by atoms with Crippen LogP contribution in [0.25, 0.3) is 0 Å². The molecule has 0 aromatic carbocycles. The summed E-state index contributed by atoms with van der Waals surface area (Å²) in [6.07, 6.45) is 3.77. The standard InChI is InChI=1S/C14H31N3S/c1-4-13-12-16(3)8-6-9-17(13)14(11-15)7-10-18-5-2/h13-14H,4-12,15H2,1-3H3. The van der Waals surface area contributed by atoms with Crippen molar-refractivity contribution in [1.29, 1.82) is 0 Å². The van der Waals surface area contributed by atoms with Gasteiger partial charge in [-0.05, 0) is 44.4 Å². The van der Waals surface area contributed by atoms with E-state index in [9.17, 15) is 0 Å². The lowest BCUT2D eigenvalue weighted by molar-refractivity contribution is 0.128. The molecule has 3 nitrogen and oxygen atoms in total. The Kier molecular flexibility index (Phi) is 8.31. The van der Waals surface area contributed by atoms with Crippen molar-refractivity contribution in [2.24, 2.45) is 5.73 Å². The summed E-state index contributed by atoms with van der Waals surface area (Å²) in [6.45, 7) is 9.01. The Balaban J connectivity index is 2.56. The van der Waals surface area contributed by atoms with Crippen molar-refractivity contribution in [3.8, 4) is 0 Å². The molecule has 2 atom stereocenters. The van der Waals surface area contributed by atoms with Gasteiger partial charge in [-0.15, -0.1) is 0 Å². The highest BCUT2D eigenvalue weighted by Gasteiger charge is 2.27. The second-order valence-electron chi connectivity index (χ2n) is 5.29. The highest BCUT2D eigenvalue weighted by molar-refractivity contribution is 7.99. The van der Waals surface area contributed by atoms with Crippen molar-refractivity contribution in [3.05, 3.63) is 0 Å². The first-order chi connectivity index (χ1) is 8.72. The predicted octanol–water partition coefficient (Wildman–Crippen LogP) is 1.87. The molecule has 0 saturated carbocycles. The molecule has 1 rings (SSSR count). The zero-order valence-corrected chi connectivity index (χ0v) is 13.2. The van der Waals surface area contributed by atoms with Crippen molar-refractivity contribution < 1.29 is 0 Å². The number of nitrogens with zero attached hydrogens (tertiary/aromatic N) is 2. The monoisotopic (exact) mass is 273 g/mol. The third-order valence-corrected chi connectivity index (χ3v) is 4.89. The second-order valence-corrected chi connectivity index (χ2v) is 6.68. The highest BCUT2D eigenvalue weighted by Crippen LogP contribution is 2.18. The molecule has 0 spiro atoms. The molecule has 1 aliphatic heterocycles. The lowest BCUT2D eigenvalue weighted by atomic mass is 10.1. The predicted molar refractivity (Wildman–Crippen MR) is 83.4 cm³/mol. The molecule has 0 bridgehead atoms. The van der Waals surface area contributed by atoms with E-state index in [1.807, 2.05) is 11.8 Å². The van der Waals surface area contributed by atoms with Crippen LogP contribution in [0.15, 0.2) is 0 Å². The van der Waals surface area contributed by atoms with Gasteiger partial charge in [0.25, 0.3) is 0 Å². The Morgan fingerprint density at radius 3 is 2.72 bits per heavy atom. The molecule has 0 aliphatic carbocycles. The molecule has 2 unspecified atom stereocenters. The zero-order valence-electron chi connectivity index (χ0n) is 12.4. The van der Waals surface area contributed by atoms with E-state index < -0.39 is 0 Å². The van der Waals surface area contributed by atoms with Crippen LogP contribution in [0.1, 0.15) is 33.1 Å². The van der Waals surface area contributed by atoms with E-state index in [2.05, 4.69) is 30.7 Å². The number of rotatable bonds is 7. The summed E-state index contributed by atoms with van der Waals surface area (Å²) in [6, 6.07) is 1.28. The molecule has 0 aromatic rings. The van der Waals surface area contributed by atoms with E-state index in [0.29, 0.717) is 12.1 Å². The number of thioether (sulfide) groups is 1. The maximum Gasteiger partial charge on any atom is 0.0229 e. The SMILES string of the molecule is CCSCCC(CN)N1CCCN(C)CC1CC. The fourth-order valence-corrected chi connectivity index (χ4v) is 3.62. The molecule has 4 heteroatoms. The summed E-state index contributed by atoms with van der Waals surface area (Å²) < 4.78 is 0. The second kappa shape index (κ2) is 9.18. The van der Waals surface area contributed by atoms with Gasteiger partial charge in [-0.2, -0.15) is 11.8 Å². The van der Waals surface area contributed by atoms with Crippen LogP contribution in [-0.4, -0.2) is 66.6 Å². The van der Waals surface area contributed by atoms with Crippen LogP contribution in [-0.2, 0) is 0 Å². The third-order valence-electron chi connectivity index (χ3n) is 3.96. The minimum absolute atomic E-state index is 0.584. The Hall–Kier alpha value is 0.230. The van der Waals surface area contributed by atoms with Crippen molar-refractivity contribution in [1.82, 2.24) is 9.80 Å². The third kappa shape index (κ3) is 5.08. The molecular formula is C14H31N3S. The summed E-state index contributed by atoms with van der Waals surface area (Å²) in [5.41, 5.74) is 6.02. The highest BCUT2D eigenvalue weighted by atomic mass is 32.2. The van der Waals surface area contributed by atoms with Crippen molar-refractivity contribution in [3.63, 3.8) is 0 Å². The Morgan fingerprint density at radius 1 is 1.33 bits per heavy atom. The minimum atomic E-state index is 0.584. The molecule has 2 N–H and O–H groups in total. The van der Waals surface area contributed by atoms with Crippen LogP contribution in [0, 0.1) is 0 Å². The van der Waals surface area contributed by atoms with Gasteiger partial charge < -0.3 is 10.6 Å². The van der Waals surface area contributed by atoms with Crippen molar-refractivity contribution in [2.75, 3.05) is 44.7 Å². The van der Waals surface area contributed by atoms with Crippen LogP contribution >= 0.6 is 11.8 Å².